The first-order valence-electron chi connectivity index (χ1n) is 20.1. The lowest BCUT2D eigenvalue weighted by molar-refractivity contribution is 0.461. The van der Waals surface area contributed by atoms with Crippen molar-refractivity contribution in [3.63, 3.8) is 0 Å². The molecule has 2 aliphatic rings. The standard InChI is InChI=1S/C46H36N6O12S4/c47-23-24-48-41-25-29(7-22-42(41)68(62,63)64)46-39-20-18-37(51-39)44(27-3-10-31(11-4-27)66(56,57)58)35-16-14-33(49-35)43(26-1-8-30(9-2-26)65(53,54)55)34-15-17-36(50-34)45(38-19-21-40(46)52-38)28-5-12-32(13-6-28)67(59,60)61/h1-22,25,48-49,52H,23-24,47H2,(H,53,54,55)(H,56,57,58)(H,59,60,61)(H,62,63,64)/p-4. The zero-order chi connectivity index (χ0) is 48.3. The minimum atomic E-state index is -4.97. The number of aromatic amines is 2. The van der Waals surface area contributed by atoms with Gasteiger partial charge in [-0.1, -0.05) is 42.5 Å². The number of nitrogens with two attached hydrogens (primary N) is 1. The maximum absolute atomic E-state index is 12.4. The zero-order valence-corrected chi connectivity index (χ0v) is 38.0. The van der Waals surface area contributed by atoms with E-state index >= 15 is 0 Å². The third-order valence-corrected chi connectivity index (χ3v) is 14.5. The first-order chi connectivity index (χ1) is 32.2. The highest BCUT2D eigenvalue weighted by Crippen LogP contribution is 2.40. The third kappa shape index (κ3) is 9.02. The first-order valence-corrected chi connectivity index (χ1v) is 25.7. The highest BCUT2D eigenvalue weighted by atomic mass is 32.2. The Labute approximate surface area is 388 Å². The lowest BCUT2D eigenvalue weighted by Crippen LogP contribution is -2.15. The molecule has 0 unspecified atom stereocenters. The zero-order valence-electron chi connectivity index (χ0n) is 34.7. The van der Waals surface area contributed by atoms with Gasteiger partial charge in [-0.2, -0.15) is 0 Å². The molecule has 0 fully saturated rings. The van der Waals surface area contributed by atoms with Crippen molar-refractivity contribution in [3.05, 3.63) is 138 Å². The number of anilines is 1. The maximum Gasteiger partial charge on any atom is 0.126 e. The van der Waals surface area contributed by atoms with E-state index in [9.17, 15) is 51.9 Å². The molecule has 18 nitrogen and oxygen atoms in total. The average molecular weight is 989 g/mol. The molecule has 0 radical (unpaired) electrons. The fourth-order valence-electron chi connectivity index (χ4n) is 8.03. The largest absolute Gasteiger partial charge is 0.744 e. The molecular weight excluding hydrogens is 957 g/mol. The number of hydrogen-bond acceptors (Lipinski definition) is 16. The summed E-state index contributed by atoms with van der Waals surface area (Å²) in [6, 6.07) is 26.6. The smallest absolute Gasteiger partial charge is 0.126 e. The minimum absolute atomic E-state index is 0.0220. The van der Waals surface area contributed by atoms with Gasteiger partial charge in [0.1, 0.15) is 40.5 Å². The van der Waals surface area contributed by atoms with Gasteiger partial charge >= 0.3 is 0 Å². The summed E-state index contributed by atoms with van der Waals surface area (Å²) in [6.07, 6.45) is 6.77. The van der Waals surface area contributed by atoms with Crippen LogP contribution >= 0.6 is 0 Å². The number of nitrogens with zero attached hydrogens (tertiary/aromatic N) is 2. The molecule has 4 aromatic carbocycles. The molecule has 5 heterocycles. The number of fused-ring (bicyclic) bond motifs is 8. The van der Waals surface area contributed by atoms with Crippen LogP contribution in [0.3, 0.4) is 0 Å². The van der Waals surface area contributed by atoms with Crippen molar-refractivity contribution in [2.45, 2.75) is 19.6 Å². The predicted octanol–water partition coefficient (Wildman–Crippen LogP) is 6.31. The van der Waals surface area contributed by atoms with Gasteiger partial charge in [0.2, 0.25) is 0 Å². The molecule has 0 saturated heterocycles. The average Bonchev–Trinajstić information content (AvgIpc) is 4.13. The van der Waals surface area contributed by atoms with Gasteiger partial charge in [0, 0.05) is 57.4 Å². The van der Waals surface area contributed by atoms with E-state index in [4.69, 9.17) is 15.7 Å². The Bertz CT molecular complexity index is 3850. The maximum atomic E-state index is 12.4. The molecule has 3 aromatic heterocycles. The van der Waals surface area contributed by atoms with E-state index in [2.05, 4.69) is 15.3 Å². The number of rotatable bonds is 11. The molecule has 68 heavy (non-hydrogen) atoms. The fraction of sp³-hybridized carbons (Fsp3) is 0.0435. The molecule has 5 N–H and O–H groups in total. The van der Waals surface area contributed by atoms with Gasteiger partial charge in [0.25, 0.3) is 0 Å². The SMILES string of the molecule is NCCNc1cc(-c2c3nc(c(-c4ccc(S(=O)(=O)[O-])cc4)c4ccc([nH]4)c(-c4ccc(S(=O)(=O)[O-])cc4)c4nc(c(-c5ccc(S(=O)(=O)[O-])cc5)c5ccc2[nH]5)C=C4)C=C3)ccc1S(=O)(=O)[O-]. The Morgan fingerprint density at radius 2 is 0.735 bits per heavy atom. The molecule has 0 aliphatic carbocycles. The van der Waals surface area contributed by atoms with Crippen LogP contribution < -0.4 is 11.1 Å². The van der Waals surface area contributed by atoms with Crippen LogP contribution in [0.15, 0.2) is 135 Å². The molecular formula is C46H32N6O12S4-4. The van der Waals surface area contributed by atoms with Crippen molar-refractivity contribution in [1.82, 2.24) is 19.9 Å². The number of H-pyrrole nitrogens is 2. The van der Waals surface area contributed by atoms with Crippen molar-refractivity contribution in [3.8, 4) is 44.5 Å². The minimum Gasteiger partial charge on any atom is -0.744 e. The third-order valence-electron chi connectivity index (χ3n) is 11.0. The monoisotopic (exact) mass is 988 g/mol. The van der Waals surface area contributed by atoms with Crippen LogP contribution in [0.25, 0.3) is 90.9 Å². The second-order valence-corrected chi connectivity index (χ2v) is 20.8. The molecule has 8 bridgehead atoms. The molecule has 2 aliphatic heterocycles. The second-order valence-electron chi connectivity index (χ2n) is 15.3. The van der Waals surface area contributed by atoms with Gasteiger partial charge in [-0.25, -0.2) is 43.6 Å². The van der Waals surface area contributed by atoms with Gasteiger partial charge in [-0.05, 0) is 119 Å². The Morgan fingerprint density at radius 3 is 1.03 bits per heavy atom. The van der Waals surface area contributed by atoms with Gasteiger partial charge in [0.05, 0.1) is 48.0 Å². The summed E-state index contributed by atoms with van der Waals surface area (Å²) in [4.78, 5) is 15.0. The van der Waals surface area contributed by atoms with Crippen LogP contribution in [0, 0.1) is 0 Å². The van der Waals surface area contributed by atoms with Crippen LogP contribution in [0.5, 0.6) is 0 Å². The first kappa shape index (κ1) is 46.0. The molecule has 7 aromatic rings. The van der Waals surface area contributed by atoms with Crippen molar-refractivity contribution in [1.29, 1.82) is 0 Å². The number of nitrogens with one attached hydrogen (secondary N) is 3. The van der Waals surface area contributed by atoms with Gasteiger partial charge in [0.15, 0.2) is 0 Å². The van der Waals surface area contributed by atoms with Crippen LogP contribution in [-0.2, 0) is 40.5 Å². The summed E-state index contributed by atoms with van der Waals surface area (Å²) >= 11 is 0. The molecule has 346 valence electrons. The Morgan fingerprint density at radius 1 is 0.426 bits per heavy atom. The lowest BCUT2D eigenvalue weighted by atomic mass is 10.0. The summed E-state index contributed by atoms with van der Waals surface area (Å²) in [6.45, 7) is 0.213. The van der Waals surface area contributed by atoms with E-state index in [0.29, 0.717) is 89.4 Å². The normalized spacial score (nSPS) is 13.0. The second kappa shape index (κ2) is 17.2. The summed E-state index contributed by atoms with van der Waals surface area (Å²) < 4.78 is 145. The van der Waals surface area contributed by atoms with Gasteiger partial charge in [-0.15, -0.1) is 0 Å². The van der Waals surface area contributed by atoms with Crippen LogP contribution in [0.1, 0.15) is 22.8 Å². The summed E-state index contributed by atoms with van der Waals surface area (Å²) in [5.41, 5.74) is 12.1. The number of benzene rings is 4. The topological polar surface area (TPSA) is 324 Å². The Hall–Kier alpha value is -7.12. The molecule has 0 spiro atoms. The highest BCUT2D eigenvalue weighted by Gasteiger charge is 2.21. The summed E-state index contributed by atoms with van der Waals surface area (Å²) in [5.74, 6) is 0. The van der Waals surface area contributed by atoms with E-state index < -0.39 is 60.1 Å². The van der Waals surface area contributed by atoms with Crippen LogP contribution in [0.2, 0.25) is 0 Å². The predicted molar refractivity (Wildman–Crippen MR) is 250 cm³/mol. The molecule has 9 rings (SSSR count). The molecule has 0 saturated carbocycles. The Balaban J connectivity index is 1.44. The van der Waals surface area contributed by atoms with Gasteiger partial charge in [-0.3, -0.25) is 0 Å². The quantitative estimate of drug-likeness (QED) is 0.103. The number of aromatic nitrogens is 4. The van der Waals surface area contributed by atoms with E-state index in [1.165, 1.54) is 54.6 Å². The highest BCUT2D eigenvalue weighted by molar-refractivity contribution is 7.86. The van der Waals surface area contributed by atoms with E-state index in [-0.39, 0.29) is 18.8 Å². The van der Waals surface area contributed by atoms with Crippen molar-refractivity contribution < 1.29 is 51.9 Å². The van der Waals surface area contributed by atoms with Crippen molar-refractivity contribution in [2.75, 3.05) is 18.4 Å². The van der Waals surface area contributed by atoms with Crippen LogP contribution in [0.4, 0.5) is 5.69 Å². The van der Waals surface area contributed by atoms with E-state index in [0.717, 1.165) is 36.4 Å². The van der Waals surface area contributed by atoms with Gasteiger partial charge < -0.3 is 39.2 Å². The number of hydrogen-bond donors (Lipinski definition) is 4. The molecule has 0 atom stereocenters. The van der Waals surface area contributed by atoms with Crippen LogP contribution in [-0.4, -0.2) is 84.9 Å². The molecule has 0 amide bonds. The van der Waals surface area contributed by atoms with E-state index in [1.54, 1.807) is 48.6 Å². The van der Waals surface area contributed by atoms with Crippen molar-refractivity contribution >= 4 is 92.5 Å². The van der Waals surface area contributed by atoms with Crippen molar-refractivity contribution in [2.24, 2.45) is 5.73 Å². The fourth-order valence-corrected chi connectivity index (χ4v) is 10.1. The lowest BCUT2D eigenvalue weighted by Gasteiger charge is -2.16. The van der Waals surface area contributed by atoms with E-state index in [1.807, 2.05) is 0 Å². The summed E-state index contributed by atoms with van der Waals surface area (Å²) in [7, 11) is -19.4. The molecule has 22 heteroatoms. The Kier molecular flexibility index (Phi) is 11.6. The summed E-state index contributed by atoms with van der Waals surface area (Å²) in [5, 5.41) is 2.92.